The third kappa shape index (κ3) is 6.58. The molecule has 0 saturated carbocycles. The Bertz CT molecular complexity index is 969. The summed E-state index contributed by atoms with van der Waals surface area (Å²) in [7, 11) is 0. The van der Waals surface area contributed by atoms with E-state index in [2.05, 4.69) is 15.9 Å². The van der Waals surface area contributed by atoms with Crippen LogP contribution < -0.4 is 0 Å². The van der Waals surface area contributed by atoms with E-state index in [0.717, 1.165) is 23.8 Å². The van der Waals surface area contributed by atoms with Crippen LogP contribution in [-0.4, -0.2) is 34.9 Å². The minimum atomic E-state index is -4.52. The molecular formula is C23H24BrClF3NO2S. The number of nitrogens with zero attached hydrogens (tertiary/aromatic N) is 1. The highest BCUT2D eigenvalue weighted by atomic mass is 79.9. The lowest BCUT2D eigenvalue weighted by molar-refractivity contribution is -0.137. The van der Waals surface area contributed by atoms with Crippen LogP contribution in [0.15, 0.2) is 45.8 Å². The molecule has 0 radical (unpaired) electrons. The van der Waals surface area contributed by atoms with Crippen molar-refractivity contribution in [2.75, 3.05) is 13.1 Å². The molecule has 0 bridgehead atoms. The number of rotatable bonds is 3. The first-order valence-corrected chi connectivity index (χ1v) is 12.2. The number of carbonyl (C=O) groups excluding carboxylic acids is 1. The Balaban J connectivity index is 1.67. The van der Waals surface area contributed by atoms with Crippen LogP contribution in [0.5, 0.6) is 0 Å². The number of amides is 1. The molecule has 174 valence electrons. The largest absolute Gasteiger partial charge is 0.444 e. The summed E-state index contributed by atoms with van der Waals surface area (Å²) < 4.78 is 46.3. The van der Waals surface area contributed by atoms with Crippen molar-refractivity contribution in [2.24, 2.45) is 0 Å². The van der Waals surface area contributed by atoms with Crippen LogP contribution in [0.2, 0.25) is 5.02 Å². The highest BCUT2D eigenvalue weighted by Crippen LogP contribution is 2.43. The molecule has 2 aromatic rings. The number of ether oxygens (including phenoxy) is 1. The molecule has 1 aliphatic heterocycles. The smallest absolute Gasteiger partial charge is 0.417 e. The molecule has 3 rings (SSSR count). The summed E-state index contributed by atoms with van der Waals surface area (Å²) in [5.74, 6) is 0. The van der Waals surface area contributed by atoms with Crippen molar-refractivity contribution in [3.63, 3.8) is 0 Å². The molecule has 0 aromatic heterocycles. The number of hydrogen-bond acceptors (Lipinski definition) is 3. The Morgan fingerprint density at radius 2 is 1.72 bits per heavy atom. The monoisotopic (exact) mass is 549 g/mol. The van der Waals surface area contributed by atoms with Crippen LogP contribution in [0.4, 0.5) is 18.0 Å². The Morgan fingerprint density at radius 1 is 1.12 bits per heavy atom. The molecule has 2 aromatic carbocycles. The second-order valence-corrected chi connectivity index (χ2v) is 11.3. The standard InChI is InChI=1S/C23H24BrClF3NO2S/c1-22(2,3)31-21(30)29-10-8-17(9-11-29)32-16-6-4-14(5-7-16)20-18(23(26,27)28)12-15(24)13-19(20)25/h4-7,12-13,17H,8-11H2,1-3H3. The van der Waals surface area contributed by atoms with Crippen molar-refractivity contribution >= 4 is 45.4 Å². The van der Waals surface area contributed by atoms with Crippen molar-refractivity contribution < 1.29 is 22.7 Å². The van der Waals surface area contributed by atoms with E-state index in [9.17, 15) is 18.0 Å². The molecule has 1 saturated heterocycles. The van der Waals surface area contributed by atoms with Gasteiger partial charge in [-0.1, -0.05) is 39.7 Å². The van der Waals surface area contributed by atoms with Gasteiger partial charge in [0.15, 0.2) is 0 Å². The highest BCUT2D eigenvalue weighted by molar-refractivity contribution is 9.10. The van der Waals surface area contributed by atoms with Crippen LogP contribution in [0.3, 0.4) is 0 Å². The predicted molar refractivity (Wildman–Crippen MR) is 126 cm³/mol. The van der Waals surface area contributed by atoms with E-state index in [1.807, 2.05) is 32.9 Å². The molecule has 1 fully saturated rings. The van der Waals surface area contributed by atoms with Gasteiger partial charge in [-0.05, 0) is 63.4 Å². The average molecular weight is 551 g/mol. The van der Waals surface area contributed by atoms with Crippen LogP contribution in [0, 0.1) is 0 Å². The fraction of sp³-hybridized carbons (Fsp3) is 0.435. The second-order valence-electron chi connectivity index (χ2n) is 8.62. The number of hydrogen-bond donors (Lipinski definition) is 0. The molecule has 0 aliphatic carbocycles. The van der Waals surface area contributed by atoms with E-state index in [1.54, 1.807) is 28.8 Å². The third-order valence-electron chi connectivity index (χ3n) is 4.90. The number of alkyl halides is 3. The third-order valence-corrected chi connectivity index (χ3v) is 7.00. The molecule has 0 atom stereocenters. The fourth-order valence-electron chi connectivity index (χ4n) is 3.47. The first-order valence-electron chi connectivity index (χ1n) is 10.1. The van der Waals surface area contributed by atoms with Gasteiger partial charge in [0.1, 0.15) is 5.60 Å². The topological polar surface area (TPSA) is 29.5 Å². The Hall–Kier alpha value is -1.38. The van der Waals surface area contributed by atoms with Crippen LogP contribution in [0.25, 0.3) is 11.1 Å². The van der Waals surface area contributed by atoms with Crippen LogP contribution in [0.1, 0.15) is 39.2 Å². The van der Waals surface area contributed by atoms with Gasteiger partial charge >= 0.3 is 12.3 Å². The number of benzene rings is 2. The summed E-state index contributed by atoms with van der Waals surface area (Å²) in [5.41, 5.74) is -0.899. The van der Waals surface area contributed by atoms with Gasteiger partial charge in [0.25, 0.3) is 0 Å². The van der Waals surface area contributed by atoms with Gasteiger partial charge in [-0.25, -0.2) is 4.79 Å². The first-order chi connectivity index (χ1) is 14.8. The summed E-state index contributed by atoms with van der Waals surface area (Å²) in [6, 6.07) is 9.48. The lowest BCUT2D eigenvalue weighted by Crippen LogP contribution is -2.42. The number of halogens is 5. The number of thioether (sulfide) groups is 1. The molecule has 0 unspecified atom stereocenters. The second kappa shape index (κ2) is 9.85. The number of carbonyl (C=O) groups is 1. The van der Waals surface area contributed by atoms with Gasteiger partial charge in [0, 0.05) is 33.3 Å². The maximum absolute atomic E-state index is 13.5. The van der Waals surface area contributed by atoms with Crippen molar-refractivity contribution in [2.45, 2.75) is 55.5 Å². The fourth-order valence-corrected chi connectivity index (χ4v) is 5.51. The quantitative estimate of drug-likeness (QED) is 0.385. The van der Waals surface area contributed by atoms with E-state index < -0.39 is 17.3 Å². The van der Waals surface area contributed by atoms with E-state index in [1.165, 1.54) is 6.07 Å². The zero-order valence-corrected chi connectivity index (χ0v) is 21.1. The van der Waals surface area contributed by atoms with Gasteiger partial charge in [0.2, 0.25) is 0 Å². The van der Waals surface area contributed by atoms with Gasteiger partial charge in [-0.15, -0.1) is 11.8 Å². The Kier molecular flexibility index (Phi) is 7.77. The van der Waals surface area contributed by atoms with Gasteiger partial charge in [0.05, 0.1) is 10.6 Å². The van der Waals surface area contributed by atoms with Crippen LogP contribution in [-0.2, 0) is 10.9 Å². The lowest BCUT2D eigenvalue weighted by atomic mass is 9.99. The minimum absolute atomic E-state index is 0.0235. The summed E-state index contributed by atoms with van der Waals surface area (Å²) in [6.45, 7) is 6.77. The summed E-state index contributed by atoms with van der Waals surface area (Å²) in [4.78, 5) is 14.9. The minimum Gasteiger partial charge on any atom is -0.444 e. The summed E-state index contributed by atoms with van der Waals surface area (Å²) in [5, 5.41) is 0.364. The van der Waals surface area contributed by atoms with Gasteiger partial charge in [-0.2, -0.15) is 13.2 Å². The van der Waals surface area contributed by atoms with E-state index in [-0.39, 0.29) is 21.2 Å². The molecular weight excluding hydrogens is 527 g/mol. The SMILES string of the molecule is CC(C)(C)OC(=O)N1CCC(Sc2ccc(-c3c(Cl)cc(Br)cc3C(F)(F)F)cc2)CC1. The highest BCUT2D eigenvalue weighted by Gasteiger charge is 2.35. The first kappa shape index (κ1) is 25.2. The Labute approximate surface area is 203 Å². The maximum Gasteiger partial charge on any atom is 0.417 e. The number of likely N-dealkylation sites (tertiary alicyclic amines) is 1. The molecule has 0 N–H and O–H groups in total. The molecule has 1 amide bonds. The van der Waals surface area contributed by atoms with E-state index in [0.29, 0.717) is 23.9 Å². The van der Waals surface area contributed by atoms with Crippen LogP contribution >= 0.6 is 39.3 Å². The predicted octanol–water partition coefficient (Wildman–Crippen LogP) is 8.28. The van der Waals surface area contributed by atoms with Gasteiger partial charge < -0.3 is 9.64 Å². The maximum atomic E-state index is 13.5. The zero-order valence-electron chi connectivity index (χ0n) is 17.9. The van der Waals surface area contributed by atoms with Crippen molar-refractivity contribution in [1.82, 2.24) is 4.90 Å². The summed E-state index contributed by atoms with van der Waals surface area (Å²) >= 11 is 10.9. The van der Waals surface area contributed by atoms with Crippen molar-refractivity contribution in [3.8, 4) is 11.1 Å². The molecule has 9 heteroatoms. The van der Waals surface area contributed by atoms with Gasteiger partial charge in [-0.3, -0.25) is 0 Å². The number of piperidine rings is 1. The normalized spacial score (nSPS) is 15.7. The molecule has 0 spiro atoms. The molecule has 1 aliphatic rings. The molecule has 1 heterocycles. The van der Waals surface area contributed by atoms with E-state index in [4.69, 9.17) is 16.3 Å². The average Bonchev–Trinajstić information content (AvgIpc) is 2.67. The lowest BCUT2D eigenvalue weighted by Gasteiger charge is -2.33. The van der Waals surface area contributed by atoms with Crippen molar-refractivity contribution in [1.29, 1.82) is 0 Å². The molecule has 3 nitrogen and oxygen atoms in total. The Morgan fingerprint density at radius 3 is 2.25 bits per heavy atom. The molecule has 32 heavy (non-hydrogen) atoms. The van der Waals surface area contributed by atoms with Crippen molar-refractivity contribution in [3.05, 3.63) is 51.5 Å². The summed E-state index contributed by atoms with van der Waals surface area (Å²) in [6.07, 6.45) is -3.17. The van der Waals surface area contributed by atoms with E-state index >= 15 is 0 Å². The zero-order chi connectivity index (χ0) is 23.7.